The van der Waals surface area contributed by atoms with Gasteiger partial charge in [-0.05, 0) is 97.5 Å². The topological polar surface area (TPSA) is 12.2 Å². The van der Waals surface area contributed by atoms with E-state index in [1.807, 2.05) is 0 Å². The molecule has 51 heavy (non-hydrogen) atoms. The third-order valence-electron chi connectivity index (χ3n) is 12.1. The van der Waals surface area contributed by atoms with Crippen LogP contribution in [0.5, 0.6) is 0 Å². The Bertz CT molecular complexity index is 2840. The lowest BCUT2D eigenvalue weighted by Crippen LogP contribution is -2.50. The first kappa shape index (κ1) is 29.0. The van der Waals surface area contributed by atoms with Gasteiger partial charge in [-0.25, -0.2) is 0 Å². The Kier molecular flexibility index (Phi) is 6.16. The lowest BCUT2D eigenvalue weighted by Gasteiger charge is -2.31. The molecule has 0 amide bonds. The first-order valence-electron chi connectivity index (χ1n) is 18.5. The van der Waals surface area contributed by atoms with Gasteiger partial charge in [0.05, 0.1) is 28.5 Å². The van der Waals surface area contributed by atoms with Crippen LogP contribution in [0.1, 0.15) is 47.1 Å². The van der Waals surface area contributed by atoms with E-state index in [0.29, 0.717) is 12.0 Å². The monoisotopic (exact) mass is 657 g/mol. The molecular formula is C48H39N3+2. The smallest absolute Gasteiger partial charge is 0.213 e. The third-order valence-corrected chi connectivity index (χ3v) is 12.1. The summed E-state index contributed by atoms with van der Waals surface area (Å²) in [5, 5.41) is 5.32. The van der Waals surface area contributed by atoms with Crippen molar-refractivity contribution in [3.63, 3.8) is 0 Å². The maximum Gasteiger partial charge on any atom is 0.213 e. The fraction of sp³-hybridized carbons (Fsp3) is 0.167. The highest BCUT2D eigenvalue weighted by atomic mass is 15.0. The zero-order valence-corrected chi connectivity index (χ0v) is 29.1. The molecule has 0 N–H and O–H groups in total. The number of aromatic nitrogens is 3. The van der Waals surface area contributed by atoms with Crippen LogP contribution in [0.3, 0.4) is 0 Å². The molecule has 0 saturated carbocycles. The highest BCUT2D eigenvalue weighted by molar-refractivity contribution is 6.24. The van der Waals surface area contributed by atoms with Crippen molar-refractivity contribution in [3.05, 3.63) is 162 Å². The average Bonchev–Trinajstić information content (AvgIpc) is 3.67. The summed E-state index contributed by atoms with van der Waals surface area (Å²) in [6.07, 6.45) is 7.99. The van der Waals surface area contributed by atoms with Crippen molar-refractivity contribution in [2.45, 2.75) is 51.6 Å². The van der Waals surface area contributed by atoms with E-state index in [1.54, 1.807) is 0 Å². The molecule has 2 unspecified atom stereocenters. The summed E-state index contributed by atoms with van der Waals surface area (Å²) in [4.78, 5) is 0. The van der Waals surface area contributed by atoms with E-state index in [4.69, 9.17) is 0 Å². The minimum absolute atomic E-state index is 0.389. The zero-order valence-electron chi connectivity index (χ0n) is 29.1. The maximum absolute atomic E-state index is 2.62. The summed E-state index contributed by atoms with van der Waals surface area (Å²) in [7, 11) is 0. The lowest BCUT2D eigenvalue weighted by atomic mass is 9.77. The number of aryl methyl sites for hydroxylation is 4. The van der Waals surface area contributed by atoms with Gasteiger partial charge in [-0.15, -0.1) is 0 Å². The quantitative estimate of drug-likeness (QED) is 0.156. The van der Waals surface area contributed by atoms with E-state index in [2.05, 4.69) is 167 Å². The third kappa shape index (κ3) is 4.24. The number of nitrogens with zero attached hydrogens (tertiary/aromatic N) is 3. The van der Waals surface area contributed by atoms with Crippen LogP contribution >= 0.6 is 0 Å². The van der Waals surface area contributed by atoms with Crippen molar-refractivity contribution in [3.8, 4) is 33.6 Å². The van der Waals surface area contributed by atoms with E-state index in [1.165, 1.54) is 94.0 Å². The molecule has 0 saturated heterocycles. The van der Waals surface area contributed by atoms with E-state index < -0.39 is 0 Å². The van der Waals surface area contributed by atoms with Gasteiger partial charge in [-0.1, -0.05) is 66.7 Å². The predicted molar refractivity (Wildman–Crippen MR) is 208 cm³/mol. The second-order valence-electron chi connectivity index (χ2n) is 15.0. The predicted octanol–water partition coefficient (Wildman–Crippen LogP) is 10.7. The van der Waals surface area contributed by atoms with Gasteiger partial charge in [0, 0.05) is 56.3 Å². The minimum Gasteiger partial charge on any atom is -0.308 e. The second kappa shape index (κ2) is 10.8. The summed E-state index contributed by atoms with van der Waals surface area (Å²) in [5.74, 6) is 0.429. The van der Waals surface area contributed by atoms with E-state index >= 15 is 0 Å². The maximum atomic E-state index is 2.62. The Balaban J connectivity index is 1.18. The number of pyridine rings is 2. The summed E-state index contributed by atoms with van der Waals surface area (Å²) >= 11 is 0. The van der Waals surface area contributed by atoms with Gasteiger partial charge in [-0.3, -0.25) is 0 Å². The highest BCUT2D eigenvalue weighted by Gasteiger charge is 2.41. The van der Waals surface area contributed by atoms with Crippen molar-refractivity contribution in [2.75, 3.05) is 0 Å². The van der Waals surface area contributed by atoms with Gasteiger partial charge >= 0.3 is 0 Å². The SMILES string of the molecule is Cc1ccc2[n+](c1)CCC1C(CCc3cc4c(cc3-2)c2cc(-c3ccccc3)cc3c5ccccc5n4c32)c2ccccc2-c2ccc(C)c[n+]21. The largest absolute Gasteiger partial charge is 0.308 e. The van der Waals surface area contributed by atoms with Crippen LogP contribution in [0.25, 0.3) is 71.7 Å². The van der Waals surface area contributed by atoms with Crippen molar-refractivity contribution in [1.29, 1.82) is 0 Å². The van der Waals surface area contributed by atoms with Crippen molar-refractivity contribution in [1.82, 2.24) is 4.40 Å². The molecule has 3 nitrogen and oxygen atoms in total. The fourth-order valence-electron chi connectivity index (χ4n) is 9.78. The average molecular weight is 658 g/mol. The van der Waals surface area contributed by atoms with Crippen LogP contribution in [0, 0.1) is 13.8 Å². The first-order valence-corrected chi connectivity index (χ1v) is 18.5. The Labute approximate surface area is 298 Å². The Morgan fingerprint density at radius 2 is 1.31 bits per heavy atom. The molecule has 0 spiro atoms. The second-order valence-corrected chi connectivity index (χ2v) is 15.0. The number of hydrogen-bond acceptors (Lipinski definition) is 0. The van der Waals surface area contributed by atoms with Gasteiger partial charge in [0.25, 0.3) is 0 Å². The molecule has 2 aliphatic rings. The first-order chi connectivity index (χ1) is 25.1. The van der Waals surface area contributed by atoms with Crippen LogP contribution in [0.15, 0.2) is 140 Å². The molecule has 6 heterocycles. The molecule has 0 aliphatic carbocycles. The molecule has 4 aromatic heterocycles. The van der Waals surface area contributed by atoms with Gasteiger partial charge < -0.3 is 4.40 Å². The van der Waals surface area contributed by atoms with E-state index in [0.717, 1.165) is 25.8 Å². The molecule has 2 aliphatic heterocycles. The molecule has 244 valence electrons. The summed E-state index contributed by atoms with van der Waals surface area (Å²) in [6, 6.07) is 48.7. The van der Waals surface area contributed by atoms with Crippen molar-refractivity contribution < 1.29 is 9.13 Å². The van der Waals surface area contributed by atoms with Crippen LogP contribution < -0.4 is 9.13 Å². The number of para-hydroxylation sites is 1. The summed E-state index contributed by atoms with van der Waals surface area (Å²) in [6.45, 7) is 5.43. The summed E-state index contributed by atoms with van der Waals surface area (Å²) in [5.41, 5.74) is 17.4. The van der Waals surface area contributed by atoms with Crippen molar-refractivity contribution in [2.24, 2.45) is 0 Å². The van der Waals surface area contributed by atoms with Gasteiger partial charge in [0.1, 0.15) is 0 Å². The number of fused-ring (bicyclic) bond motifs is 15. The zero-order chi connectivity index (χ0) is 33.8. The van der Waals surface area contributed by atoms with Crippen LogP contribution in [0.2, 0.25) is 0 Å². The van der Waals surface area contributed by atoms with Crippen molar-refractivity contribution >= 4 is 38.1 Å². The normalized spacial score (nSPS) is 16.9. The summed E-state index contributed by atoms with van der Waals surface area (Å²) < 4.78 is 7.73. The van der Waals surface area contributed by atoms with Gasteiger partial charge in [-0.2, -0.15) is 9.13 Å². The molecule has 0 fully saturated rings. The van der Waals surface area contributed by atoms with Crippen LogP contribution in [-0.4, -0.2) is 4.40 Å². The minimum atomic E-state index is 0.389. The molecular weight excluding hydrogens is 619 g/mol. The number of benzene rings is 5. The van der Waals surface area contributed by atoms with E-state index in [-0.39, 0.29) is 0 Å². The standard InChI is InChI=1S/C48H39N3/c1-30-16-20-43-39-27-40-42-25-34(32-10-4-3-5-11-32)24-41-37-14-8-9-15-46(37)51(48(41)42)47(40)26-33(39)18-19-38-35-12-6-7-13-36(35)44-21-17-31(2)29-50(44)45(38)22-23-49(43)28-30/h3-17,20-21,24-29,38,45H,18-19,22-23H2,1-2H3/q+2. The number of hydrogen-bond donors (Lipinski definition) is 0. The highest BCUT2D eigenvalue weighted by Crippen LogP contribution is 2.46. The van der Waals surface area contributed by atoms with Gasteiger partial charge in [0.2, 0.25) is 11.4 Å². The van der Waals surface area contributed by atoms with Crippen LogP contribution in [-0.2, 0) is 13.0 Å². The Morgan fingerprint density at radius 3 is 2.20 bits per heavy atom. The molecule has 9 aromatic rings. The molecule has 0 bridgehead atoms. The molecule has 2 atom stereocenters. The van der Waals surface area contributed by atoms with Crippen LogP contribution in [0.4, 0.5) is 0 Å². The fourth-order valence-corrected chi connectivity index (χ4v) is 9.78. The van der Waals surface area contributed by atoms with E-state index in [9.17, 15) is 0 Å². The lowest BCUT2D eigenvalue weighted by molar-refractivity contribution is -0.738. The molecule has 5 aromatic carbocycles. The molecule has 0 radical (unpaired) electrons. The molecule has 3 heteroatoms. The molecule has 11 rings (SSSR count). The van der Waals surface area contributed by atoms with Gasteiger partial charge in [0.15, 0.2) is 25.0 Å². The Morgan fingerprint density at radius 1 is 0.569 bits per heavy atom. The Hall–Kier alpha value is -5.80. The number of rotatable bonds is 1.